The quantitative estimate of drug-likeness (QED) is 0.126. The number of phenolic OH excluding ortho intramolecular Hbond substituents is 2. The van der Waals surface area contributed by atoms with Gasteiger partial charge >= 0.3 is 34.1 Å². The molecule has 3 nitrogen and oxygen atoms in total. The summed E-state index contributed by atoms with van der Waals surface area (Å²) in [5, 5.41) is 19.8. The summed E-state index contributed by atoms with van der Waals surface area (Å²) in [4.78, 5) is 13.3. The van der Waals surface area contributed by atoms with Crippen molar-refractivity contribution < 1.29 is 49.1 Å². The largest absolute Gasteiger partial charge is 2.00 e. The third-order valence-electron chi connectivity index (χ3n) is 5.55. The predicted molar refractivity (Wildman–Crippen MR) is 146 cm³/mol. The fraction of sp³-hybridized carbons (Fsp3) is 0. The van der Waals surface area contributed by atoms with Crippen LogP contribution in [-0.2, 0) is 34.1 Å². The van der Waals surface area contributed by atoms with Crippen molar-refractivity contribution in [3.63, 3.8) is 0 Å². The van der Waals surface area contributed by atoms with Crippen LogP contribution in [0.4, 0.5) is 0 Å². The number of hydrogen-bond acceptors (Lipinski definition) is 3. The molecule has 0 aliphatic rings. The average Bonchev–Trinajstić information content (AvgIpc) is 3.73. The number of rotatable bonds is 4. The maximum Gasteiger partial charge on any atom is 2.00 e. The summed E-state index contributed by atoms with van der Waals surface area (Å²) in [6, 6.07) is 44.7. The molecule has 0 heterocycles. The molecule has 38 heavy (non-hydrogen) atoms. The topological polar surface area (TPSA) is 57.5 Å². The number of phenols is 2. The maximum absolute atomic E-state index is 13.3. The monoisotopic (exact) mass is 582 g/mol. The molecular weight excluding hydrogens is 556 g/mol. The van der Waals surface area contributed by atoms with Gasteiger partial charge in [-0.2, -0.15) is 60.7 Å². The first-order chi connectivity index (χ1) is 17.6. The predicted octanol–water partition coefficient (Wildman–Crippen LogP) is 7.91. The number of carbonyl (C=O) groups excluding carboxylic acids is 1. The van der Waals surface area contributed by atoms with Gasteiger partial charge in [0.2, 0.25) is 0 Å². The van der Waals surface area contributed by atoms with Gasteiger partial charge in [-0.05, 0) is 23.3 Å². The molecule has 6 aromatic rings. The van der Waals surface area contributed by atoms with Crippen LogP contribution in [0.2, 0.25) is 0 Å². The standard InChI is InChI=1S/C23H16O3.2C5H5.2Fe/c24-17-9-11-19(21(13-17)15-5-1-2-6-15)23(26)20-12-10-18(25)14-22(20)16-7-3-4-8-16;2*1-2-4-5-3-1;;/h1-14,24-25H;2*1-5H;;/q-2;2*-1;2*+2. The minimum absolute atomic E-state index is 0. The fourth-order valence-electron chi connectivity index (χ4n) is 3.83. The minimum Gasteiger partial charge on any atom is -0.516 e. The molecule has 6 aromatic carbocycles. The Morgan fingerprint density at radius 2 is 0.895 bits per heavy atom. The molecule has 0 radical (unpaired) electrons. The molecule has 0 atom stereocenters. The summed E-state index contributed by atoms with van der Waals surface area (Å²) in [7, 11) is 0. The molecule has 0 amide bonds. The Kier molecular flexibility index (Phi) is 12.3. The Morgan fingerprint density at radius 1 is 0.553 bits per heavy atom. The van der Waals surface area contributed by atoms with Gasteiger partial charge in [0.05, 0.1) is 11.5 Å². The Morgan fingerprint density at radius 3 is 1.18 bits per heavy atom. The Labute approximate surface area is 244 Å². The van der Waals surface area contributed by atoms with Crippen LogP contribution in [-0.4, -0.2) is 16.0 Å². The van der Waals surface area contributed by atoms with Gasteiger partial charge in [0.15, 0.2) is 0 Å². The van der Waals surface area contributed by atoms with Crippen LogP contribution in [0.25, 0.3) is 22.3 Å². The number of benzene rings is 2. The van der Waals surface area contributed by atoms with E-state index in [0.29, 0.717) is 22.3 Å². The van der Waals surface area contributed by atoms with Crippen molar-refractivity contribution in [1.82, 2.24) is 0 Å². The molecule has 0 unspecified atom stereocenters. The van der Waals surface area contributed by atoms with Gasteiger partial charge in [-0.1, -0.05) is 35.4 Å². The smallest absolute Gasteiger partial charge is 0.516 e. The van der Waals surface area contributed by atoms with E-state index in [2.05, 4.69) is 0 Å². The third kappa shape index (κ3) is 8.08. The van der Waals surface area contributed by atoms with Gasteiger partial charge in [0.1, 0.15) is 5.78 Å². The normalized spacial score (nSPS) is 9.47. The molecule has 0 aliphatic carbocycles. The zero-order valence-electron chi connectivity index (χ0n) is 20.4. The maximum atomic E-state index is 13.3. The number of hydrogen-bond donors (Lipinski definition) is 2. The summed E-state index contributed by atoms with van der Waals surface area (Å²) < 4.78 is 0. The molecule has 192 valence electrons. The molecule has 2 N–H and O–H groups in total. The second-order valence-corrected chi connectivity index (χ2v) is 8.06. The van der Waals surface area contributed by atoms with E-state index >= 15 is 0 Å². The van der Waals surface area contributed by atoms with Crippen LogP contribution in [0.1, 0.15) is 15.9 Å². The zero-order valence-corrected chi connectivity index (χ0v) is 22.6. The number of carbonyl (C=O) groups is 1. The summed E-state index contributed by atoms with van der Waals surface area (Å²) in [6.45, 7) is 0. The van der Waals surface area contributed by atoms with E-state index in [1.165, 1.54) is 12.1 Å². The van der Waals surface area contributed by atoms with E-state index in [1.54, 1.807) is 24.3 Å². The third-order valence-corrected chi connectivity index (χ3v) is 5.55. The van der Waals surface area contributed by atoms with Gasteiger partial charge in [0.25, 0.3) is 0 Å². The van der Waals surface area contributed by atoms with Crippen LogP contribution in [0.15, 0.2) is 146 Å². The fourth-order valence-corrected chi connectivity index (χ4v) is 3.83. The molecule has 5 heteroatoms. The van der Waals surface area contributed by atoms with Crippen molar-refractivity contribution in [2.24, 2.45) is 0 Å². The molecule has 0 saturated carbocycles. The summed E-state index contributed by atoms with van der Waals surface area (Å²) in [5.74, 6) is 0.0665. The second kappa shape index (κ2) is 15.4. The SMILES string of the molecule is O=C(c1ccc(O)cc1-[c-]1cccc1)c1ccc(O)cc1-[c-]1cccc1.[Fe+2].[Fe+2].c1cc[cH-]c1.c1cc[cH-]c1. The molecular formula is C33H26Fe2O3. The van der Waals surface area contributed by atoms with Gasteiger partial charge in [0, 0.05) is 0 Å². The van der Waals surface area contributed by atoms with Crippen molar-refractivity contribution >= 4 is 5.78 Å². The van der Waals surface area contributed by atoms with Gasteiger partial charge in [-0.25, -0.2) is 24.3 Å². The van der Waals surface area contributed by atoms with E-state index in [1.807, 2.05) is 109 Å². The van der Waals surface area contributed by atoms with E-state index in [9.17, 15) is 15.0 Å². The van der Waals surface area contributed by atoms with Gasteiger partial charge in [-0.3, -0.25) is 0 Å². The first-order valence-corrected chi connectivity index (χ1v) is 11.6. The molecule has 6 rings (SSSR count). The summed E-state index contributed by atoms with van der Waals surface area (Å²) >= 11 is 0. The van der Waals surface area contributed by atoms with Crippen LogP contribution in [0, 0.1) is 0 Å². The number of aromatic hydroxyl groups is 2. The molecule has 0 fully saturated rings. The zero-order chi connectivity index (χ0) is 25.2. The summed E-state index contributed by atoms with van der Waals surface area (Å²) in [6.07, 6.45) is 0. The number of ketones is 1. The summed E-state index contributed by atoms with van der Waals surface area (Å²) in [5.41, 5.74) is 4.12. The van der Waals surface area contributed by atoms with Crippen LogP contribution in [0.3, 0.4) is 0 Å². The van der Waals surface area contributed by atoms with E-state index < -0.39 is 0 Å². The van der Waals surface area contributed by atoms with Crippen LogP contribution < -0.4 is 0 Å². The molecule has 0 spiro atoms. The van der Waals surface area contributed by atoms with Crippen LogP contribution >= 0.6 is 0 Å². The molecule has 0 aromatic heterocycles. The van der Waals surface area contributed by atoms with Crippen molar-refractivity contribution in [3.05, 3.63) is 157 Å². The van der Waals surface area contributed by atoms with Crippen molar-refractivity contribution in [2.75, 3.05) is 0 Å². The minimum atomic E-state index is -0.155. The Balaban J connectivity index is 0.000000354. The van der Waals surface area contributed by atoms with E-state index in [-0.39, 0.29) is 51.4 Å². The van der Waals surface area contributed by atoms with Crippen LogP contribution in [0.5, 0.6) is 11.5 Å². The van der Waals surface area contributed by atoms with Gasteiger partial charge < -0.3 is 15.0 Å². The average molecular weight is 582 g/mol. The first-order valence-electron chi connectivity index (χ1n) is 11.6. The first kappa shape index (κ1) is 30.4. The van der Waals surface area contributed by atoms with Gasteiger partial charge in [-0.15, -0.1) is 35.4 Å². The van der Waals surface area contributed by atoms with Crippen molar-refractivity contribution in [3.8, 4) is 33.8 Å². The Bertz CT molecular complexity index is 1300. The van der Waals surface area contributed by atoms with E-state index in [0.717, 1.165) is 11.1 Å². The second-order valence-electron chi connectivity index (χ2n) is 8.06. The van der Waals surface area contributed by atoms with Crippen molar-refractivity contribution in [2.45, 2.75) is 0 Å². The molecule has 0 bridgehead atoms. The van der Waals surface area contributed by atoms with E-state index in [4.69, 9.17) is 0 Å². The Hall–Kier alpha value is -3.85. The molecule has 0 aliphatic heterocycles. The van der Waals surface area contributed by atoms with Crippen molar-refractivity contribution in [1.29, 1.82) is 0 Å². The molecule has 0 saturated heterocycles.